The zero-order chi connectivity index (χ0) is 20.4. The van der Waals surface area contributed by atoms with Crippen LogP contribution in [0.2, 0.25) is 0 Å². The number of nitrogens with zero attached hydrogens (tertiary/aromatic N) is 3. The van der Waals surface area contributed by atoms with Crippen LogP contribution in [0.5, 0.6) is 0 Å². The number of amides is 2. The third-order valence-electron chi connectivity index (χ3n) is 5.44. The first kappa shape index (κ1) is 18.9. The summed E-state index contributed by atoms with van der Waals surface area (Å²) in [6.07, 6.45) is 3.70. The van der Waals surface area contributed by atoms with Gasteiger partial charge in [-0.2, -0.15) is 0 Å². The normalized spacial score (nSPS) is 13.6. The molecule has 1 fully saturated rings. The number of ketones is 1. The minimum absolute atomic E-state index is 0.0370. The number of anilines is 1. The standard InChI is InChI=1S/C23H23N3O3/c1-24(17-9-3-2-4-10-17)23(29)22(28)19-15-26(20-12-6-5-11-18(19)20)16-21(27)25-13-7-8-14-25/h2-6,9-12,15H,7-8,13-14,16H2,1H3. The molecule has 6 heteroatoms. The second kappa shape index (κ2) is 7.91. The third kappa shape index (κ3) is 3.66. The van der Waals surface area contributed by atoms with Gasteiger partial charge in [-0.05, 0) is 31.0 Å². The molecule has 2 aromatic carbocycles. The number of likely N-dealkylation sites (N-methyl/N-ethyl adjacent to an activating group) is 1. The Hall–Kier alpha value is -3.41. The van der Waals surface area contributed by atoms with Gasteiger partial charge in [0, 0.05) is 42.9 Å². The summed E-state index contributed by atoms with van der Waals surface area (Å²) < 4.78 is 1.78. The van der Waals surface area contributed by atoms with Crippen molar-refractivity contribution in [2.45, 2.75) is 19.4 Å². The number of aromatic nitrogens is 1. The molecule has 6 nitrogen and oxygen atoms in total. The van der Waals surface area contributed by atoms with Gasteiger partial charge in [0.1, 0.15) is 6.54 Å². The van der Waals surface area contributed by atoms with Gasteiger partial charge in [0.15, 0.2) is 0 Å². The van der Waals surface area contributed by atoms with E-state index in [1.165, 1.54) is 4.90 Å². The van der Waals surface area contributed by atoms with Crippen LogP contribution in [0.3, 0.4) is 0 Å². The Labute approximate surface area is 169 Å². The van der Waals surface area contributed by atoms with Gasteiger partial charge in [-0.15, -0.1) is 0 Å². The fraction of sp³-hybridized carbons (Fsp3) is 0.261. The number of hydrogen-bond acceptors (Lipinski definition) is 3. The first-order valence-corrected chi connectivity index (χ1v) is 9.79. The fourth-order valence-electron chi connectivity index (χ4n) is 3.81. The molecule has 0 spiro atoms. The molecule has 0 saturated carbocycles. The molecule has 0 bridgehead atoms. The minimum atomic E-state index is -0.607. The summed E-state index contributed by atoms with van der Waals surface area (Å²) in [6.45, 7) is 1.73. The topological polar surface area (TPSA) is 62.6 Å². The number of likely N-dealkylation sites (tertiary alicyclic amines) is 1. The lowest BCUT2D eigenvalue weighted by molar-refractivity contribution is -0.130. The van der Waals surface area contributed by atoms with Crippen LogP contribution in [-0.4, -0.2) is 47.2 Å². The Bertz CT molecular complexity index is 1070. The van der Waals surface area contributed by atoms with Crippen molar-refractivity contribution in [3.8, 4) is 0 Å². The van der Waals surface area contributed by atoms with Gasteiger partial charge in [-0.1, -0.05) is 36.4 Å². The summed E-state index contributed by atoms with van der Waals surface area (Å²) in [5, 5.41) is 0.682. The number of para-hydroxylation sites is 2. The van der Waals surface area contributed by atoms with E-state index in [0.29, 0.717) is 16.6 Å². The van der Waals surface area contributed by atoms with Gasteiger partial charge in [0.25, 0.3) is 11.7 Å². The van der Waals surface area contributed by atoms with E-state index in [4.69, 9.17) is 0 Å². The predicted molar refractivity (Wildman–Crippen MR) is 112 cm³/mol. The third-order valence-corrected chi connectivity index (χ3v) is 5.44. The van der Waals surface area contributed by atoms with Gasteiger partial charge < -0.3 is 14.4 Å². The van der Waals surface area contributed by atoms with Gasteiger partial charge in [-0.25, -0.2) is 0 Å². The quantitative estimate of drug-likeness (QED) is 0.498. The molecule has 3 aromatic rings. The number of carbonyl (C=O) groups excluding carboxylic acids is 3. The number of benzene rings is 2. The van der Waals surface area contributed by atoms with E-state index in [1.807, 2.05) is 47.4 Å². The zero-order valence-corrected chi connectivity index (χ0v) is 16.4. The summed E-state index contributed by atoms with van der Waals surface area (Å²) in [7, 11) is 1.59. The Kier molecular flexibility index (Phi) is 5.16. The zero-order valence-electron chi connectivity index (χ0n) is 16.4. The molecule has 1 aliphatic heterocycles. The second-order valence-corrected chi connectivity index (χ2v) is 7.30. The van der Waals surface area contributed by atoms with Crippen molar-refractivity contribution in [3.63, 3.8) is 0 Å². The van der Waals surface area contributed by atoms with E-state index in [9.17, 15) is 14.4 Å². The molecule has 29 heavy (non-hydrogen) atoms. The molecular formula is C23H23N3O3. The van der Waals surface area contributed by atoms with Gasteiger partial charge >= 0.3 is 0 Å². The highest BCUT2D eigenvalue weighted by Crippen LogP contribution is 2.24. The molecule has 148 valence electrons. The van der Waals surface area contributed by atoms with Crippen LogP contribution < -0.4 is 4.90 Å². The Morgan fingerprint density at radius 3 is 2.31 bits per heavy atom. The lowest BCUT2D eigenvalue weighted by atomic mass is 10.1. The number of carbonyl (C=O) groups is 3. The second-order valence-electron chi connectivity index (χ2n) is 7.30. The van der Waals surface area contributed by atoms with Crippen LogP contribution in [0, 0.1) is 0 Å². The molecule has 0 radical (unpaired) electrons. The average Bonchev–Trinajstić information content (AvgIpc) is 3.42. The van der Waals surface area contributed by atoms with Crippen LogP contribution in [0.1, 0.15) is 23.2 Å². The van der Waals surface area contributed by atoms with Gasteiger partial charge in [0.2, 0.25) is 5.91 Å². The largest absolute Gasteiger partial charge is 0.341 e. The number of hydrogen-bond donors (Lipinski definition) is 0. The molecule has 1 aromatic heterocycles. The summed E-state index contributed by atoms with van der Waals surface area (Å²) in [5.41, 5.74) is 1.75. The van der Waals surface area contributed by atoms with Crippen molar-refractivity contribution < 1.29 is 14.4 Å². The van der Waals surface area contributed by atoms with E-state index < -0.39 is 11.7 Å². The average molecular weight is 389 g/mol. The molecule has 0 aliphatic carbocycles. The molecule has 0 N–H and O–H groups in total. The first-order chi connectivity index (χ1) is 14.1. The minimum Gasteiger partial charge on any atom is -0.341 e. The molecule has 0 atom stereocenters. The Morgan fingerprint density at radius 2 is 1.59 bits per heavy atom. The lowest BCUT2D eigenvalue weighted by Crippen LogP contribution is -2.33. The van der Waals surface area contributed by atoms with Crippen molar-refractivity contribution in [1.29, 1.82) is 0 Å². The van der Waals surface area contributed by atoms with E-state index in [1.54, 1.807) is 29.9 Å². The SMILES string of the molecule is CN(C(=O)C(=O)c1cn(CC(=O)N2CCCC2)c2ccccc12)c1ccccc1. The molecule has 1 aliphatic rings. The molecule has 0 unspecified atom stereocenters. The van der Waals surface area contributed by atoms with Crippen LogP contribution in [0.25, 0.3) is 10.9 Å². The molecule has 1 saturated heterocycles. The van der Waals surface area contributed by atoms with E-state index in [0.717, 1.165) is 31.4 Å². The van der Waals surface area contributed by atoms with Gasteiger partial charge in [-0.3, -0.25) is 14.4 Å². The van der Waals surface area contributed by atoms with Crippen molar-refractivity contribution in [1.82, 2.24) is 9.47 Å². The fourth-order valence-corrected chi connectivity index (χ4v) is 3.81. The van der Waals surface area contributed by atoms with E-state index in [-0.39, 0.29) is 12.5 Å². The van der Waals surface area contributed by atoms with Crippen molar-refractivity contribution in [2.75, 3.05) is 25.0 Å². The monoisotopic (exact) mass is 389 g/mol. The highest BCUT2D eigenvalue weighted by atomic mass is 16.2. The first-order valence-electron chi connectivity index (χ1n) is 9.79. The molecule has 2 heterocycles. The summed E-state index contributed by atoms with van der Waals surface area (Å²) in [4.78, 5) is 41.7. The van der Waals surface area contributed by atoms with Crippen molar-refractivity contribution in [3.05, 3.63) is 66.4 Å². The maximum absolute atomic E-state index is 13.0. The Morgan fingerprint density at radius 1 is 0.931 bits per heavy atom. The summed E-state index contributed by atoms with van der Waals surface area (Å²) >= 11 is 0. The van der Waals surface area contributed by atoms with Gasteiger partial charge in [0.05, 0.1) is 5.56 Å². The maximum Gasteiger partial charge on any atom is 0.299 e. The van der Waals surface area contributed by atoms with Crippen LogP contribution in [0.15, 0.2) is 60.8 Å². The van der Waals surface area contributed by atoms with Crippen LogP contribution >= 0.6 is 0 Å². The summed E-state index contributed by atoms with van der Waals surface area (Å²) in [5.74, 6) is -1.15. The van der Waals surface area contributed by atoms with Crippen molar-refractivity contribution >= 4 is 34.2 Å². The smallest absolute Gasteiger partial charge is 0.299 e. The van der Waals surface area contributed by atoms with E-state index in [2.05, 4.69) is 0 Å². The Balaban J connectivity index is 1.64. The van der Waals surface area contributed by atoms with Crippen molar-refractivity contribution in [2.24, 2.45) is 0 Å². The van der Waals surface area contributed by atoms with Crippen LogP contribution in [0.4, 0.5) is 5.69 Å². The number of fused-ring (bicyclic) bond motifs is 1. The van der Waals surface area contributed by atoms with Crippen LogP contribution in [-0.2, 0) is 16.1 Å². The molecule has 2 amide bonds. The van der Waals surface area contributed by atoms with E-state index >= 15 is 0 Å². The maximum atomic E-state index is 13.0. The highest BCUT2D eigenvalue weighted by molar-refractivity contribution is 6.48. The number of Topliss-reactive ketones (excluding diaryl/α,β-unsaturated/α-hetero) is 1. The summed E-state index contributed by atoms with van der Waals surface area (Å²) in [6, 6.07) is 16.4. The molecule has 4 rings (SSSR count). The molecular weight excluding hydrogens is 366 g/mol. The lowest BCUT2D eigenvalue weighted by Gasteiger charge is -2.16. The highest BCUT2D eigenvalue weighted by Gasteiger charge is 2.26. The predicted octanol–water partition coefficient (Wildman–Crippen LogP) is 3.11. The number of rotatable bonds is 5.